The Hall–Kier alpha value is -2.34. The summed E-state index contributed by atoms with van der Waals surface area (Å²) >= 11 is 6.02. The lowest BCUT2D eigenvalue weighted by Crippen LogP contribution is -2.38. The molecule has 0 saturated carbocycles. The van der Waals surface area contributed by atoms with Crippen molar-refractivity contribution < 1.29 is 9.53 Å². The quantitative estimate of drug-likeness (QED) is 0.899. The molecule has 1 N–H and O–H groups in total. The number of ether oxygens (including phenoxy) is 1. The molecule has 25 heavy (non-hydrogen) atoms. The predicted octanol–water partition coefficient (Wildman–Crippen LogP) is 3.75. The number of hydrogen-bond donors (Lipinski definition) is 1. The van der Waals surface area contributed by atoms with E-state index in [0.29, 0.717) is 33.9 Å². The fourth-order valence-electron chi connectivity index (χ4n) is 2.79. The van der Waals surface area contributed by atoms with Crippen LogP contribution in [0.5, 0.6) is 5.75 Å². The molecule has 1 aliphatic rings. The van der Waals surface area contributed by atoms with Gasteiger partial charge in [0.25, 0.3) is 5.91 Å². The maximum absolute atomic E-state index is 12.5. The van der Waals surface area contributed by atoms with Crippen LogP contribution < -0.4 is 10.1 Å². The number of nitrogens with zero attached hydrogens (tertiary/aromatic N) is 3. The van der Waals surface area contributed by atoms with Crippen LogP contribution in [-0.2, 0) is 0 Å². The number of halogens is 1. The van der Waals surface area contributed by atoms with Crippen molar-refractivity contribution >= 4 is 29.0 Å². The van der Waals surface area contributed by atoms with Crippen molar-refractivity contribution in [3.05, 3.63) is 41.3 Å². The van der Waals surface area contributed by atoms with Crippen LogP contribution in [0.15, 0.2) is 30.6 Å². The molecule has 132 valence electrons. The van der Waals surface area contributed by atoms with Gasteiger partial charge in [-0.05, 0) is 37.0 Å². The van der Waals surface area contributed by atoms with Crippen molar-refractivity contribution in [1.82, 2.24) is 14.9 Å². The molecular formula is C18H21ClN4O2. The van der Waals surface area contributed by atoms with Gasteiger partial charge in [-0.2, -0.15) is 0 Å². The van der Waals surface area contributed by atoms with Crippen LogP contribution in [0.1, 0.15) is 30.3 Å². The molecular weight excluding hydrogens is 340 g/mol. The largest absolute Gasteiger partial charge is 0.495 e. The van der Waals surface area contributed by atoms with E-state index in [1.165, 1.54) is 6.20 Å². The molecule has 2 heterocycles. The van der Waals surface area contributed by atoms with Gasteiger partial charge in [0.1, 0.15) is 17.3 Å². The Labute approximate surface area is 152 Å². The number of likely N-dealkylation sites (tertiary alicyclic amines) is 1. The number of amides is 1. The molecule has 0 aliphatic carbocycles. The molecule has 1 amide bonds. The van der Waals surface area contributed by atoms with E-state index in [4.69, 9.17) is 16.3 Å². The Kier molecular flexibility index (Phi) is 5.38. The Balaban J connectivity index is 1.70. The molecule has 1 aromatic heterocycles. The highest BCUT2D eigenvalue weighted by Crippen LogP contribution is 2.29. The second-order valence-corrected chi connectivity index (χ2v) is 6.67. The smallest absolute Gasteiger partial charge is 0.274 e. The maximum atomic E-state index is 12.5. The first-order valence-corrected chi connectivity index (χ1v) is 8.66. The highest BCUT2D eigenvalue weighted by atomic mass is 35.5. The molecule has 0 spiro atoms. The van der Waals surface area contributed by atoms with E-state index in [1.54, 1.807) is 31.5 Å². The molecule has 1 fully saturated rings. The normalized spacial score (nSPS) is 15.1. The molecule has 1 saturated heterocycles. The van der Waals surface area contributed by atoms with Gasteiger partial charge in [0.2, 0.25) is 0 Å². The topological polar surface area (TPSA) is 67.3 Å². The van der Waals surface area contributed by atoms with Crippen molar-refractivity contribution in [2.75, 3.05) is 25.5 Å². The number of carbonyl (C=O) groups excluding carboxylic acids is 1. The first-order valence-electron chi connectivity index (χ1n) is 8.28. The van der Waals surface area contributed by atoms with Crippen molar-refractivity contribution in [2.45, 2.75) is 19.8 Å². The minimum Gasteiger partial charge on any atom is -0.495 e. The summed E-state index contributed by atoms with van der Waals surface area (Å²) < 4.78 is 5.29. The Morgan fingerprint density at radius 2 is 2.04 bits per heavy atom. The van der Waals surface area contributed by atoms with Crippen molar-refractivity contribution in [3.63, 3.8) is 0 Å². The standard InChI is InChI=1S/C18H21ClN4O2/c1-12-5-7-23(8-6-12)18(24)15-10-21-17(11-20-15)22-14-9-13(19)3-4-16(14)25-2/h3-4,9-12H,5-8H2,1-2H3,(H,21,22). The third kappa shape index (κ3) is 4.20. The highest BCUT2D eigenvalue weighted by molar-refractivity contribution is 6.31. The molecule has 1 aromatic carbocycles. The SMILES string of the molecule is COc1ccc(Cl)cc1Nc1cnc(C(=O)N2CCC(C)CC2)cn1. The molecule has 0 atom stereocenters. The number of aromatic nitrogens is 2. The molecule has 3 rings (SSSR count). The van der Waals surface area contributed by atoms with Gasteiger partial charge in [-0.25, -0.2) is 9.97 Å². The third-order valence-corrected chi connectivity index (χ3v) is 4.60. The van der Waals surface area contributed by atoms with Gasteiger partial charge < -0.3 is 15.0 Å². The lowest BCUT2D eigenvalue weighted by atomic mass is 9.99. The minimum atomic E-state index is -0.0636. The van der Waals surface area contributed by atoms with Gasteiger partial charge in [-0.1, -0.05) is 18.5 Å². The zero-order chi connectivity index (χ0) is 17.8. The van der Waals surface area contributed by atoms with Crippen LogP contribution in [0.3, 0.4) is 0 Å². The summed E-state index contributed by atoms with van der Waals surface area (Å²) in [5.41, 5.74) is 1.05. The number of anilines is 2. The number of nitrogens with one attached hydrogen (secondary N) is 1. The summed E-state index contributed by atoms with van der Waals surface area (Å²) in [6.45, 7) is 3.77. The average Bonchev–Trinajstić information content (AvgIpc) is 2.63. The number of benzene rings is 1. The van der Waals surface area contributed by atoms with Gasteiger partial charge in [0.15, 0.2) is 0 Å². The van der Waals surface area contributed by atoms with Gasteiger partial charge in [-0.15, -0.1) is 0 Å². The van der Waals surface area contributed by atoms with Crippen molar-refractivity contribution in [1.29, 1.82) is 0 Å². The van der Waals surface area contributed by atoms with E-state index in [1.807, 2.05) is 4.90 Å². The second kappa shape index (κ2) is 7.70. The van der Waals surface area contributed by atoms with Gasteiger partial charge in [0, 0.05) is 18.1 Å². The first-order chi connectivity index (χ1) is 12.1. The number of carbonyl (C=O) groups is 1. The zero-order valence-electron chi connectivity index (χ0n) is 14.3. The second-order valence-electron chi connectivity index (χ2n) is 6.23. The van der Waals surface area contributed by atoms with E-state index in [2.05, 4.69) is 22.2 Å². The van der Waals surface area contributed by atoms with Crippen LogP contribution in [0.4, 0.5) is 11.5 Å². The molecule has 0 bridgehead atoms. The fraction of sp³-hybridized carbons (Fsp3) is 0.389. The zero-order valence-corrected chi connectivity index (χ0v) is 15.1. The van der Waals surface area contributed by atoms with Crippen LogP contribution in [0.2, 0.25) is 5.02 Å². The minimum absolute atomic E-state index is 0.0636. The van der Waals surface area contributed by atoms with Gasteiger partial charge in [-0.3, -0.25) is 4.79 Å². The highest BCUT2D eigenvalue weighted by Gasteiger charge is 2.22. The van der Waals surface area contributed by atoms with Crippen LogP contribution in [0, 0.1) is 5.92 Å². The van der Waals surface area contributed by atoms with Crippen molar-refractivity contribution in [2.24, 2.45) is 5.92 Å². The van der Waals surface area contributed by atoms with Gasteiger partial charge in [0.05, 0.1) is 25.2 Å². The van der Waals surface area contributed by atoms with Crippen LogP contribution in [0.25, 0.3) is 0 Å². The summed E-state index contributed by atoms with van der Waals surface area (Å²) in [6, 6.07) is 5.27. The lowest BCUT2D eigenvalue weighted by molar-refractivity contribution is 0.0691. The summed E-state index contributed by atoms with van der Waals surface area (Å²) in [4.78, 5) is 22.9. The predicted molar refractivity (Wildman–Crippen MR) is 97.6 cm³/mol. The van der Waals surface area contributed by atoms with E-state index >= 15 is 0 Å². The molecule has 7 heteroatoms. The fourth-order valence-corrected chi connectivity index (χ4v) is 2.96. The first kappa shape index (κ1) is 17.5. The maximum Gasteiger partial charge on any atom is 0.274 e. The molecule has 1 aliphatic heterocycles. The molecule has 0 unspecified atom stereocenters. The van der Waals surface area contributed by atoms with E-state index in [9.17, 15) is 4.79 Å². The van der Waals surface area contributed by atoms with E-state index in [0.717, 1.165) is 25.9 Å². The number of rotatable bonds is 4. The number of methoxy groups -OCH3 is 1. The van der Waals surface area contributed by atoms with E-state index < -0.39 is 0 Å². The Morgan fingerprint density at radius 1 is 1.28 bits per heavy atom. The Bertz CT molecular complexity index is 743. The molecule has 0 radical (unpaired) electrons. The number of piperidine rings is 1. The monoisotopic (exact) mass is 360 g/mol. The van der Waals surface area contributed by atoms with Crippen molar-refractivity contribution in [3.8, 4) is 5.75 Å². The summed E-state index contributed by atoms with van der Waals surface area (Å²) in [5.74, 6) is 1.78. The summed E-state index contributed by atoms with van der Waals surface area (Å²) in [7, 11) is 1.58. The summed E-state index contributed by atoms with van der Waals surface area (Å²) in [5, 5.41) is 3.69. The average molecular weight is 361 g/mol. The molecule has 2 aromatic rings. The molecule has 6 nitrogen and oxygen atoms in total. The van der Waals surface area contributed by atoms with Gasteiger partial charge >= 0.3 is 0 Å². The lowest BCUT2D eigenvalue weighted by Gasteiger charge is -2.29. The van der Waals surface area contributed by atoms with Crippen LogP contribution in [-0.4, -0.2) is 41.0 Å². The Morgan fingerprint density at radius 3 is 2.68 bits per heavy atom. The number of hydrogen-bond acceptors (Lipinski definition) is 5. The third-order valence-electron chi connectivity index (χ3n) is 4.37. The van der Waals surface area contributed by atoms with Crippen LogP contribution >= 0.6 is 11.6 Å². The summed E-state index contributed by atoms with van der Waals surface area (Å²) in [6.07, 6.45) is 5.11. The van der Waals surface area contributed by atoms with E-state index in [-0.39, 0.29) is 5.91 Å².